The van der Waals surface area contributed by atoms with Gasteiger partial charge in [-0.25, -0.2) is 0 Å². The summed E-state index contributed by atoms with van der Waals surface area (Å²) < 4.78 is 5.66. The van der Waals surface area contributed by atoms with Crippen LogP contribution in [0.2, 0.25) is 5.02 Å². The van der Waals surface area contributed by atoms with Gasteiger partial charge in [0.25, 0.3) is 0 Å². The van der Waals surface area contributed by atoms with Crippen molar-refractivity contribution in [2.24, 2.45) is 0 Å². The van der Waals surface area contributed by atoms with Crippen molar-refractivity contribution in [2.75, 3.05) is 6.54 Å². The quantitative estimate of drug-likeness (QED) is 0.844. The van der Waals surface area contributed by atoms with Crippen molar-refractivity contribution >= 4 is 22.9 Å². The number of nitrogens with zero attached hydrogens (tertiary/aromatic N) is 2. The Balaban J connectivity index is 1.93. The molecule has 0 saturated carbocycles. The highest BCUT2D eigenvalue weighted by Gasteiger charge is 2.14. The number of aromatic nitrogens is 2. The molecule has 1 N–H and O–H groups in total. The number of nitrogens with one attached hydrogen (secondary N) is 1. The molecule has 1 heterocycles. The van der Waals surface area contributed by atoms with Gasteiger partial charge in [0.1, 0.15) is 17.4 Å². The molecule has 1 atom stereocenters. The fraction of sp³-hybridized carbons (Fsp3) is 0.429. The number of benzene rings is 1. The number of hydrogen-bond donors (Lipinski definition) is 1. The third-order valence-corrected chi connectivity index (χ3v) is 4.08. The summed E-state index contributed by atoms with van der Waals surface area (Å²) >= 11 is 7.42. The van der Waals surface area contributed by atoms with E-state index in [9.17, 15) is 0 Å². The van der Waals surface area contributed by atoms with Gasteiger partial charge in [0.2, 0.25) is 0 Å². The van der Waals surface area contributed by atoms with E-state index in [0.29, 0.717) is 11.6 Å². The van der Waals surface area contributed by atoms with E-state index < -0.39 is 0 Å². The fourth-order valence-corrected chi connectivity index (χ4v) is 2.84. The van der Waals surface area contributed by atoms with Gasteiger partial charge in [-0.3, -0.25) is 0 Å². The molecule has 1 aromatic carbocycles. The summed E-state index contributed by atoms with van der Waals surface area (Å²) in [4.78, 5) is 0. The average Bonchev–Trinajstić information content (AvgIpc) is 2.93. The first-order valence-corrected chi connectivity index (χ1v) is 7.86. The molecule has 0 fully saturated rings. The summed E-state index contributed by atoms with van der Waals surface area (Å²) in [6.45, 7) is 5.59. The third-order valence-electron chi connectivity index (χ3n) is 2.82. The minimum Gasteiger partial charge on any atom is -0.486 e. The van der Waals surface area contributed by atoms with Gasteiger partial charge >= 0.3 is 0 Å². The summed E-state index contributed by atoms with van der Waals surface area (Å²) in [5.74, 6) is 0.782. The second-order valence-electron chi connectivity index (χ2n) is 4.30. The molecule has 0 saturated heterocycles. The van der Waals surface area contributed by atoms with Gasteiger partial charge in [-0.1, -0.05) is 36.8 Å². The van der Waals surface area contributed by atoms with Crippen molar-refractivity contribution < 1.29 is 4.74 Å². The molecule has 0 radical (unpaired) electrons. The number of ether oxygens (including phenoxy) is 1. The van der Waals surface area contributed by atoms with Crippen molar-refractivity contribution in [1.82, 2.24) is 15.5 Å². The van der Waals surface area contributed by atoms with Crippen LogP contribution in [0.1, 0.15) is 36.3 Å². The first kappa shape index (κ1) is 15.2. The Hall–Kier alpha value is -1.17. The van der Waals surface area contributed by atoms with Crippen molar-refractivity contribution in [1.29, 1.82) is 0 Å². The van der Waals surface area contributed by atoms with E-state index in [4.69, 9.17) is 16.3 Å². The number of rotatable bonds is 7. The van der Waals surface area contributed by atoms with Gasteiger partial charge in [0.05, 0.1) is 6.04 Å². The van der Waals surface area contributed by atoms with Gasteiger partial charge in [-0.05, 0) is 37.2 Å². The first-order valence-electron chi connectivity index (χ1n) is 6.67. The van der Waals surface area contributed by atoms with E-state index in [1.807, 2.05) is 12.1 Å². The van der Waals surface area contributed by atoms with Crippen LogP contribution in [0, 0.1) is 0 Å². The van der Waals surface area contributed by atoms with Crippen molar-refractivity contribution in [3.05, 3.63) is 39.3 Å². The normalized spacial score (nSPS) is 12.3. The molecular weight excluding hydrogens is 294 g/mol. The Morgan fingerprint density at radius 3 is 2.65 bits per heavy atom. The lowest BCUT2D eigenvalue weighted by Gasteiger charge is -2.11. The molecule has 2 aromatic rings. The fourth-order valence-electron chi connectivity index (χ4n) is 1.79. The maximum absolute atomic E-state index is 5.83. The molecule has 0 spiro atoms. The Morgan fingerprint density at radius 1 is 1.25 bits per heavy atom. The van der Waals surface area contributed by atoms with E-state index >= 15 is 0 Å². The molecule has 4 nitrogen and oxygen atoms in total. The average molecular weight is 312 g/mol. The Labute approximate surface area is 128 Å². The zero-order valence-corrected chi connectivity index (χ0v) is 13.2. The number of halogens is 1. The van der Waals surface area contributed by atoms with E-state index in [-0.39, 0.29) is 6.04 Å². The second-order valence-corrected chi connectivity index (χ2v) is 5.83. The lowest BCUT2D eigenvalue weighted by atomic mass is 10.2. The van der Waals surface area contributed by atoms with Crippen molar-refractivity contribution in [3.63, 3.8) is 0 Å². The summed E-state index contributed by atoms with van der Waals surface area (Å²) in [5, 5.41) is 14.4. The zero-order valence-electron chi connectivity index (χ0n) is 11.6. The monoisotopic (exact) mass is 311 g/mol. The highest BCUT2D eigenvalue weighted by molar-refractivity contribution is 7.11. The van der Waals surface area contributed by atoms with Crippen molar-refractivity contribution in [2.45, 2.75) is 32.9 Å². The zero-order chi connectivity index (χ0) is 14.4. The second kappa shape index (κ2) is 7.57. The molecule has 0 amide bonds. The van der Waals surface area contributed by atoms with Crippen LogP contribution in [0.15, 0.2) is 24.3 Å². The van der Waals surface area contributed by atoms with Gasteiger partial charge in [-0.15, -0.1) is 10.2 Å². The molecule has 0 bridgehead atoms. The van der Waals surface area contributed by atoms with Crippen LogP contribution in [-0.4, -0.2) is 16.7 Å². The largest absolute Gasteiger partial charge is 0.486 e. The van der Waals surface area contributed by atoms with E-state index in [0.717, 1.165) is 28.7 Å². The Morgan fingerprint density at radius 2 is 2.00 bits per heavy atom. The highest BCUT2D eigenvalue weighted by Crippen LogP contribution is 2.22. The molecule has 108 valence electrons. The molecular formula is C14H18ClN3OS. The molecule has 0 aliphatic carbocycles. The van der Waals surface area contributed by atoms with Crippen LogP contribution in [-0.2, 0) is 6.61 Å². The SMILES string of the molecule is CCNC(CC)c1nnc(COc2ccc(Cl)cc2)s1. The third kappa shape index (κ3) is 4.16. The van der Waals surface area contributed by atoms with Gasteiger partial charge < -0.3 is 10.1 Å². The van der Waals surface area contributed by atoms with Gasteiger partial charge in [-0.2, -0.15) is 0 Å². The summed E-state index contributed by atoms with van der Waals surface area (Å²) in [6.07, 6.45) is 1.00. The van der Waals surface area contributed by atoms with Crippen LogP contribution in [0.5, 0.6) is 5.75 Å². The predicted molar refractivity (Wildman–Crippen MR) is 82.4 cm³/mol. The minimum absolute atomic E-state index is 0.279. The topological polar surface area (TPSA) is 47.0 Å². The standard InChI is InChI=1S/C14H18ClN3OS/c1-3-12(16-4-2)14-18-17-13(20-14)9-19-11-7-5-10(15)6-8-11/h5-8,12,16H,3-4,9H2,1-2H3. The molecule has 20 heavy (non-hydrogen) atoms. The lowest BCUT2D eigenvalue weighted by molar-refractivity contribution is 0.304. The lowest BCUT2D eigenvalue weighted by Crippen LogP contribution is -2.19. The number of hydrogen-bond acceptors (Lipinski definition) is 5. The molecule has 2 rings (SSSR count). The minimum atomic E-state index is 0.279. The summed E-state index contributed by atoms with van der Waals surface area (Å²) in [7, 11) is 0. The van der Waals surface area contributed by atoms with Crippen LogP contribution in [0.4, 0.5) is 0 Å². The Kier molecular flexibility index (Phi) is 5.76. The van der Waals surface area contributed by atoms with Gasteiger partial charge in [0, 0.05) is 5.02 Å². The smallest absolute Gasteiger partial charge is 0.155 e. The molecule has 0 aliphatic rings. The molecule has 1 aromatic heterocycles. The maximum atomic E-state index is 5.83. The molecule has 0 aliphatic heterocycles. The van der Waals surface area contributed by atoms with Gasteiger partial charge in [0.15, 0.2) is 5.01 Å². The molecule has 1 unspecified atom stereocenters. The van der Waals surface area contributed by atoms with Crippen LogP contribution in [0.25, 0.3) is 0 Å². The van der Waals surface area contributed by atoms with Crippen LogP contribution in [0.3, 0.4) is 0 Å². The van der Waals surface area contributed by atoms with E-state index in [1.54, 1.807) is 23.5 Å². The van der Waals surface area contributed by atoms with Crippen LogP contribution < -0.4 is 10.1 Å². The Bertz CT molecular complexity index is 529. The highest BCUT2D eigenvalue weighted by atomic mass is 35.5. The van der Waals surface area contributed by atoms with Crippen LogP contribution >= 0.6 is 22.9 Å². The maximum Gasteiger partial charge on any atom is 0.155 e. The summed E-state index contributed by atoms with van der Waals surface area (Å²) in [5.41, 5.74) is 0. The van der Waals surface area contributed by atoms with Crippen molar-refractivity contribution in [3.8, 4) is 5.75 Å². The summed E-state index contributed by atoms with van der Waals surface area (Å²) in [6, 6.07) is 7.58. The van der Waals surface area contributed by atoms with E-state index in [2.05, 4.69) is 29.4 Å². The molecule has 6 heteroatoms. The first-order chi connectivity index (χ1) is 9.72. The predicted octanol–water partition coefficient (Wildman–Crippen LogP) is 3.83. The van der Waals surface area contributed by atoms with E-state index in [1.165, 1.54) is 0 Å².